The molecule has 0 N–H and O–H groups in total. The average Bonchev–Trinajstić information content (AvgIpc) is 2.59. The standard InChI is InChI=1S/C10H10F2N4O/c1-5-3-6(2)14-10(13-5)16-8(17)4-7(15-16)9(11)12/h3,9H,4H2,1-2H3. The smallest absolute Gasteiger partial charge is 0.272 e. The molecule has 0 bridgehead atoms. The average molecular weight is 240 g/mol. The lowest BCUT2D eigenvalue weighted by atomic mass is 10.3. The fraction of sp³-hybridized carbons (Fsp3) is 0.400. The Hall–Kier alpha value is -1.92. The predicted octanol–water partition coefficient (Wildman–Crippen LogP) is 1.45. The van der Waals surface area contributed by atoms with E-state index in [1.54, 1.807) is 19.9 Å². The van der Waals surface area contributed by atoms with Crippen LogP contribution in [0.4, 0.5) is 14.7 Å². The molecule has 2 rings (SSSR count). The van der Waals surface area contributed by atoms with Crippen molar-refractivity contribution in [2.45, 2.75) is 26.7 Å². The summed E-state index contributed by atoms with van der Waals surface area (Å²) in [5.41, 5.74) is 0.861. The van der Waals surface area contributed by atoms with Gasteiger partial charge in [0.1, 0.15) is 5.71 Å². The molecular weight excluding hydrogens is 230 g/mol. The Labute approximate surface area is 96.2 Å². The lowest BCUT2D eigenvalue weighted by molar-refractivity contribution is -0.117. The van der Waals surface area contributed by atoms with Crippen molar-refractivity contribution in [1.29, 1.82) is 0 Å². The highest BCUT2D eigenvalue weighted by atomic mass is 19.3. The number of alkyl halides is 2. The molecule has 17 heavy (non-hydrogen) atoms. The van der Waals surface area contributed by atoms with Crippen LogP contribution in [0.2, 0.25) is 0 Å². The van der Waals surface area contributed by atoms with Gasteiger partial charge in [0.25, 0.3) is 18.3 Å². The van der Waals surface area contributed by atoms with E-state index in [9.17, 15) is 13.6 Å². The van der Waals surface area contributed by atoms with E-state index < -0.39 is 18.0 Å². The highest BCUT2D eigenvalue weighted by Gasteiger charge is 2.31. The largest absolute Gasteiger partial charge is 0.278 e. The first kappa shape index (κ1) is 11.6. The van der Waals surface area contributed by atoms with Crippen molar-refractivity contribution in [3.8, 4) is 0 Å². The van der Waals surface area contributed by atoms with Crippen molar-refractivity contribution in [3.63, 3.8) is 0 Å². The minimum atomic E-state index is -2.73. The summed E-state index contributed by atoms with van der Waals surface area (Å²) in [5, 5.41) is 4.38. The molecule has 0 fully saturated rings. The van der Waals surface area contributed by atoms with Crippen LogP contribution in [-0.2, 0) is 4.79 Å². The van der Waals surface area contributed by atoms with Crippen LogP contribution in [0.25, 0.3) is 0 Å². The Morgan fingerprint density at radius 1 is 1.29 bits per heavy atom. The molecule has 0 aliphatic carbocycles. The molecule has 0 unspecified atom stereocenters. The number of hydrogen-bond donors (Lipinski definition) is 0. The van der Waals surface area contributed by atoms with Crippen molar-refractivity contribution in [3.05, 3.63) is 17.5 Å². The molecule has 90 valence electrons. The molecule has 0 atom stereocenters. The van der Waals surface area contributed by atoms with Crippen LogP contribution in [0.1, 0.15) is 17.8 Å². The Bertz CT molecular complexity index is 481. The molecule has 0 aromatic carbocycles. The van der Waals surface area contributed by atoms with E-state index >= 15 is 0 Å². The van der Waals surface area contributed by atoms with Gasteiger partial charge in [-0.15, -0.1) is 0 Å². The molecule has 1 aromatic heterocycles. The maximum Gasteiger partial charge on any atom is 0.278 e. The summed E-state index contributed by atoms with van der Waals surface area (Å²) in [7, 11) is 0. The molecule has 5 nitrogen and oxygen atoms in total. The molecule has 1 aliphatic heterocycles. The SMILES string of the molecule is Cc1cc(C)nc(N2N=C(C(F)F)CC2=O)n1. The summed E-state index contributed by atoms with van der Waals surface area (Å²) < 4.78 is 24.8. The molecule has 1 aromatic rings. The number of halogens is 2. The second kappa shape index (κ2) is 4.15. The van der Waals surface area contributed by atoms with Gasteiger partial charge in [0.15, 0.2) is 0 Å². The van der Waals surface area contributed by atoms with Crippen molar-refractivity contribution in [2.24, 2.45) is 5.10 Å². The van der Waals surface area contributed by atoms with Gasteiger partial charge < -0.3 is 0 Å². The first-order valence-corrected chi connectivity index (χ1v) is 4.98. The van der Waals surface area contributed by atoms with E-state index in [0.717, 1.165) is 5.01 Å². The fourth-order valence-electron chi connectivity index (χ4n) is 1.53. The third-order valence-electron chi connectivity index (χ3n) is 2.21. The third kappa shape index (κ3) is 2.27. The van der Waals surface area contributed by atoms with E-state index in [1.807, 2.05) is 0 Å². The molecule has 0 saturated carbocycles. The molecule has 7 heteroatoms. The summed E-state index contributed by atoms with van der Waals surface area (Å²) >= 11 is 0. The number of aryl methyl sites for hydroxylation is 2. The van der Waals surface area contributed by atoms with Crippen molar-refractivity contribution in [2.75, 3.05) is 5.01 Å². The number of aromatic nitrogens is 2. The van der Waals surface area contributed by atoms with E-state index in [1.165, 1.54) is 0 Å². The van der Waals surface area contributed by atoms with Crippen molar-refractivity contribution >= 4 is 17.6 Å². The van der Waals surface area contributed by atoms with Gasteiger partial charge in [-0.05, 0) is 19.9 Å². The van der Waals surface area contributed by atoms with Gasteiger partial charge in [-0.2, -0.15) is 10.1 Å². The normalized spacial score (nSPS) is 15.7. The predicted molar refractivity (Wildman–Crippen MR) is 57.0 cm³/mol. The minimum Gasteiger partial charge on any atom is -0.272 e. The first-order chi connectivity index (χ1) is 7.97. The van der Waals surface area contributed by atoms with Crippen LogP contribution in [0, 0.1) is 13.8 Å². The van der Waals surface area contributed by atoms with Gasteiger partial charge in [0.05, 0.1) is 6.42 Å². The van der Waals surface area contributed by atoms with Crippen molar-refractivity contribution < 1.29 is 13.6 Å². The van der Waals surface area contributed by atoms with Crippen LogP contribution in [0.3, 0.4) is 0 Å². The van der Waals surface area contributed by atoms with Gasteiger partial charge in [-0.25, -0.2) is 18.7 Å². The Kier molecular flexibility index (Phi) is 2.83. The Balaban J connectivity index is 2.37. The van der Waals surface area contributed by atoms with Crippen LogP contribution in [0.5, 0.6) is 0 Å². The summed E-state index contributed by atoms with van der Waals surface area (Å²) in [6, 6.07) is 1.72. The lowest BCUT2D eigenvalue weighted by Crippen LogP contribution is -2.22. The topological polar surface area (TPSA) is 58.5 Å². The number of nitrogens with zero attached hydrogens (tertiary/aromatic N) is 4. The summed E-state index contributed by atoms with van der Waals surface area (Å²) in [4.78, 5) is 19.5. The highest BCUT2D eigenvalue weighted by molar-refractivity contribution is 6.13. The minimum absolute atomic E-state index is 0.0446. The quantitative estimate of drug-likeness (QED) is 0.786. The number of hydrazone groups is 1. The molecule has 0 spiro atoms. The van der Waals surface area contributed by atoms with Crippen molar-refractivity contribution in [1.82, 2.24) is 9.97 Å². The summed E-state index contributed by atoms with van der Waals surface area (Å²) in [6.07, 6.45) is -3.11. The zero-order valence-electron chi connectivity index (χ0n) is 9.31. The van der Waals surface area contributed by atoms with E-state index in [-0.39, 0.29) is 12.4 Å². The van der Waals surface area contributed by atoms with Crippen LogP contribution in [-0.4, -0.2) is 28.0 Å². The van der Waals surface area contributed by atoms with Gasteiger partial charge in [-0.3, -0.25) is 4.79 Å². The molecular formula is C10H10F2N4O. The zero-order valence-corrected chi connectivity index (χ0v) is 9.31. The maximum atomic E-state index is 12.4. The lowest BCUT2D eigenvalue weighted by Gasteiger charge is -2.10. The number of carbonyl (C=O) groups is 1. The molecule has 2 heterocycles. The van der Waals surface area contributed by atoms with Crippen LogP contribution >= 0.6 is 0 Å². The number of amides is 1. The second-order valence-corrected chi connectivity index (χ2v) is 3.73. The van der Waals surface area contributed by atoms with Gasteiger partial charge in [0, 0.05) is 11.4 Å². The molecule has 1 amide bonds. The number of hydrogen-bond acceptors (Lipinski definition) is 4. The van der Waals surface area contributed by atoms with E-state index in [0.29, 0.717) is 11.4 Å². The Morgan fingerprint density at radius 3 is 2.35 bits per heavy atom. The summed E-state index contributed by atoms with van der Waals surface area (Å²) in [5.74, 6) is -0.492. The third-order valence-corrected chi connectivity index (χ3v) is 2.21. The van der Waals surface area contributed by atoms with Crippen LogP contribution in [0.15, 0.2) is 11.2 Å². The number of rotatable bonds is 2. The van der Waals surface area contributed by atoms with Gasteiger partial charge in [-0.1, -0.05) is 0 Å². The highest BCUT2D eigenvalue weighted by Crippen LogP contribution is 2.19. The zero-order chi connectivity index (χ0) is 12.6. The van der Waals surface area contributed by atoms with Crippen LogP contribution < -0.4 is 5.01 Å². The van der Waals surface area contributed by atoms with E-state index in [4.69, 9.17) is 0 Å². The van der Waals surface area contributed by atoms with Gasteiger partial charge >= 0.3 is 0 Å². The second-order valence-electron chi connectivity index (χ2n) is 3.73. The first-order valence-electron chi connectivity index (χ1n) is 4.98. The van der Waals surface area contributed by atoms with E-state index in [2.05, 4.69) is 15.1 Å². The monoisotopic (exact) mass is 240 g/mol. The number of anilines is 1. The van der Waals surface area contributed by atoms with Gasteiger partial charge in [0.2, 0.25) is 0 Å². The molecule has 0 saturated heterocycles. The fourth-order valence-corrected chi connectivity index (χ4v) is 1.53. The Morgan fingerprint density at radius 2 is 1.88 bits per heavy atom. The number of carbonyl (C=O) groups excluding carboxylic acids is 1. The maximum absolute atomic E-state index is 12.4. The molecule has 1 aliphatic rings. The molecule has 0 radical (unpaired) electrons. The summed E-state index contributed by atoms with van der Waals surface area (Å²) in [6.45, 7) is 3.47.